The van der Waals surface area contributed by atoms with Crippen molar-refractivity contribution in [3.63, 3.8) is 0 Å². The molecular weight excluding hydrogens is 461 g/mol. The van der Waals surface area contributed by atoms with Crippen LogP contribution < -0.4 is 32.4 Å². The van der Waals surface area contributed by atoms with Gasteiger partial charge in [0.05, 0.1) is 11.7 Å². The van der Waals surface area contributed by atoms with Crippen molar-refractivity contribution < 1.29 is 26.7 Å². The summed E-state index contributed by atoms with van der Waals surface area (Å²) in [4.78, 5) is -1.01. The number of hydrogen-bond acceptors (Lipinski definition) is 8. The van der Waals surface area contributed by atoms with Crippen LogP contribution in [0.1, 0.15) is 41.8 Å². The minimum absolute atomic E-state index is 0.108. The molecule has 0 amide bonds. The van der Waals surface area contributed by atoms with Crippen LogP contribution in [0.4, 0.5) is 13.2 Å². The number of nitrogens with one attached hydrogen (secondary N) is 5. The van der Waals surface area contributed by atoms with Crippen LogP contribution in [0.15, 0.2) is 41.3 Å². The van der Waals surface area contributed by atoms with E-state index in [2.05, 4.69) is 27.2 Å². The Kier molecular flexibility index (Phi) is 6.75. The van der Waals surface area contributed by atoms with Crippen molar-refractivity contribution in [3.05, 3.63) is 53.1 Å². The Labute approximate surface area is 188 Å². The maximum Gasteiger partial charge on any atom is 0.417 e. The molecule has 2 aromatic rings. The van der Waals surface area contributed by atoms with Gasteiger partial charge in [0.1, 0.15) is 11.1 Å². The summed E-state index contributed by atoms with van der Waals surface area (Å²) in [6.07, 6.45) is -4.96. The van der Waals surface area contributed by atoms with E-state index >= 15 is 0 Å². The van der Waals surface area contributed by atoms with Crippen molar-refractivity contribution in [2.24, 2.45) is 11.1 Å². The third-order valence-electron chi connectivity index (χ3n) is 5.96. The first-order chi connectivity index (χ1) is 15.6. The minimum atomic E-state index is -4.93. The second kappa shape index (κ2) is 9.27. The average molecular weight is 487 g/mol. The average Bonchev–Trinajstić information content (AvgIpc) is 3.32. The van der Waals surface area contributed by atoms with E-state index in [-0.39, 0.29) is 17.0 Å². The highest BCUT2D eigenvalue weighted by Crippen LogP contribution is 2.41. The fourth-order valence-electron chi connectivity index (χ4n) is 4.36. The van der Waals surface area contributed by atoms with Crippen LogP contribution in [-0.2, 0) is 16.2 Å². The topological polar surface area (TPSA) is 141 Å². The van der Waals surface area contributed by atoms with Gasteiger partial charge >= 0.3 is 6.18 Å². The summed E-state index contributed by atoms with van der Waals surface area (Å²) in [5.41, 5.74) is 10.1. The molecule has 0 aromatic heterocycles. The van der Waals surface area contributed by atoms with E-state index in [0.29, 0.717) is 17.2 Å². The van der Waals surface area contributed by atoms with Crippen molar-refractivity contribution in [3.8, 4) is 11.1 Å². The van der Waals surface area contributed by atoms with Gasteiger partial charge in [-0.05, 0) is 54.6 Å². The molecule has 2 saturated heterocycles. The first kappa shape index (κ1) is 24.0. The largest absolute Gasteiger partial charge is 0.417 e. The number of aliphatic hydroxyl groups excluding tert-OH is 1. The molecule has 0 bridgehead atoms. The molecule has 2 aromatic carbocycles. The zero-order valence-corrected chi connectivity index (χ0v) is 18.2. The Morgan fingerprint density at radius 2 is 1.61 bits per heavy atom. The smallest absolute Gasteiger partial charge is 0.388 e. The Morgan fingerprint density at radius 1 is 1.00 bits per heavy atom. The number of nitrogens with two attached hydrogens (primary N) is 1. The lowest BCUT2D eigenvalue weighted by molar-refractivity contribution is -0.140. The number of primary sulfonamides is 1. The second-order valence-corrected chi connectivity index (χ2v) is 9.57. The van der Waals surface area contributed by atoms with Crippen molar-refractivity contribution >= 4 is 10.0 Å². The predicted octanol–water partition coefficient (Wildman–Crippen LogP) is 1.17. The van der Waals surface area contributed by atoms with Gasteiger partial charge in [-0.15, -0.1) is 0 Å². The van der Waals surface area contributed by atoms with Crippen LogP contribution in [0, 0.1) is 5.92 Å². The highest BCUT2D eigenvalue weighted by atomic mass is 32.2. The Bertz CT molecular complexity index is 1100. The molecular formula is C20H25F3N6O3S. The quantitative estimate of drug-likeness (QED) is 0.334. The summed E-state index contributed by atoms with van der Waals surface area (Å²) < 4.78 is 65.7. The van der Waals surface area contributed by atoms with Crippen molar-refractivity contribution in [2.45, 2.75) is 36.2 Å². The molecule has 8 N–H and O–H groups in total. The van der Waals surface area contributed by atoms with E-state index in [4.69, 9.17) is 5.14 Å². The van der Waals surface area contributed by atoms with Crippen LogP contribution in [0.25, 0.3) is 11.1 Å². The van der Waals surface area contributed by atoms with E-state index in [1.165, 1.54) is 6.07 Å². The summed E-state index contributed by atoms with van der Waals surface area (Å²) in [6.45, 7) is 1.66. The standard InChI is InChI=1S/C20H25F3N6O3S/c21-20(22,23)15-6-5-14(16(18(15)33(24,31)32)19-26-28-29-27-19)11-1-3-12(4-2-11)17(30)13-7-9-25-10-8-13/h1-6,13,17,19,25-30H,7-10H2,(H2,24,31,32). The summed E-state index contributed by atoms with van der Waals surface area (Å²) >= 11 is 0. The third kappa shape index (κ3) is 5.05. The molecule has 180 valence electrons. The number of halogens is 3. The molecule has 0 spiro atoms. The molecule has 13 heteroatoms. The Hall–Kier alpha value is -2.10. The van der Waals surface area contributed by atoms with Gasteiger partial charge in [0, 0.05) is 5.56 Å². The van der Waals surface area contributed by atoms with Crippen molar-refractivity contribution in [2.75, 3.05) is 13.1 Å². The molecule has 2 heterocycles. The zero-order valence-electron chi connectivity index (χ0n) is 17.4. The van der Waals surface area contributed by atoms with Gasteiger partial charge in [-0.2, -0.15) is 24.2 Å². The third-order valence-corrected chi connectivity index (χ3v) is 6.97. The fourth-order valence-corrected chi connectivity index (χ4v) is 5.38. The van der Waals surface area contributed by atoms with Gasteiger partial charge in [0.25, 0.3) is 0 Å². The SMILES string of the molecule is NS(=O)(=O)c1c(C(F)(F)F)ccc(-c2ccc(C(O)C3CCNCC3)cc2)c1C1NNNN1. The first-order valence-electron chi connectivity index (χ1n) is 10.3. The maximum atomic E-state index is 13.7. The molecule has 1 unspecified atom stereocenters. The lowest BCUT2D eigenvalue weighted by Crippen LogP contribution is -2.33. The predicted molar refractivity (Wildman–Crippen MR) is 114 cm³/mol. The molecule has 0 aliphatic carbocycles. The molecule has 9 nitrogen and oxygen atoms in total. The highest BCUT2D eigenvalue weighted by Gasteiger charge is 2.40. The lowest BCUT2D eigenvalue weighted by Gasteiger charge is -2.27. The van der Waals surface area contributed by atoms with Crippen molar-refractivity contribution in [1.82, 2.24) is 27.2 Å². The fraction of sp³-hybridized carbons (Fsp3) is 0.400. The summed E-state index contributed by atoms with van der Waals surface area (Å²) in [5, 5.41) is 19.2. The number of rotatable bonds is 5. The number of hydrogen-bond donors (Lipinski definition) is 7. The van der Waals surface area contributed by atoms with E-state index in [0.717, 1.165) is 25.9 Å². The van der Waals surface area contributed by atoms with Gasteiger partial charge in [0.15, 0.2) is 0 Å². The summed E-state index contributed by atoms with van der Waals surface area (Å²) in [5.74, 6) is 0.108. The van der Waals surface area contributed by atoms with Crippen LogP contribution in [0.5, 0.6) is 0 Å². The number of hydrazine groups is 3. The summed E-state index contributed by atoms with van der Waals surface area (Å²) in [7, 11) is -4.75. The molecule has 33 heavy (non-hydrogen) atoms. The molecule has 1 atom stereocenters. The summed E-state index contributed by atoms with van der Waals surface area (Å²) in [6, 6.07) is 8.63. The first-order valence-corrected chi connectivity index (χ1v) is 11.9. The van der Waals surface area contributed by atoms with Crippen LogP contribution in [-0.4, -0.2) is 26.6 Å². The number of aliphatic hydroxyl groups is 1. The highest BCUT2D eigenvalue weighted by molar-refractivity contribution is 7.89. The maximum absolute atomic E-state index is 13.7. The van der Waals surface area contributed by atoms with Gasteiger partial charge < -0.3 is 10.4 Å². The molecule has 2 aliphatic heterocycles. The van der Waals surface area contributed by atoms with Gasteiger partial charge in [-0.3, -0.25) is 0 Å². The minimum Gasteiger partial charge on any atom is -0.388 e. The van der Waals surface area contributed by atoms with Crippen molar-refractivity contribution in [1.29, 1.82) is 0 Å². The molecule has 0 radical (unpaired) electrons. The van der Waals surface area contributed by atoms with E-state index in [1.54, 1.807) is 24.3 Å². The Morgan fingerprint density at radius 3 is 2.15 bits per heavy atom. The lowest BCUT2D eigenvalue weighted by atomic mass is 9.87. The second-order valence-electron chi connectivity index (χ2n) is 8.07. The molecule has 4 rings (SSSR count). The van der Waals surface area contributed by atoms with Gasteiger partial charge in [-0.25, -0.2) is 24.4 Å². The van der Waals surface area contributed by atoms with E-state index in [9.17, 15) is 26.7 Å². The number of alkyl halides is 3. The number of piperidine rings is 1. The van der Waals surface area contributed by atoms with E-state index < -0.39 is 38.9 Å². The molecule has 2 fully saturated rings. The van der Waals surface area contributed by atoms with E-state index in [1.807, 2.05) is 0 Å². The zero-order chi connectivity index (χ0) is 23.8. The van der Waals surface area contributed by atoms with Crippen LogP contribution >= 0.6 is 0 Å². The van der Waals surface area contributed by atoms with Gasteiger partial charge in [0.2, 0.25) is 10.0 Å². The molecule has 0 saturated carbocycles. The Balaban J connectivity index is 1.80. The van der Waals surface area contributed by atoms with Crippen LogP contribution in [0.3, 0.4) is 0 Å². The molecule has 2 aliphatic rings. The normalized spacial score (nSPS) is 19.7. The number of sulfonamides is 1. The van der Waals surface area contributed by atoms with Crippen LogP contribution in [0.2, 0.25) is 0 Å². The van der Waals surface area contributed by atoms with Gasteiger partial charge in [-0.1, -0.05) is 30.3 Å². The monoisotopic (exact) mass is 486 g/mol. The number of benzene rings is 2.